The molecule has 2 N–H and O–H groups in total. The van der Waals surface area contributed by atoms with E-state index in [0.717, 1.165) is 15.8 Å². The van der Waals surface area contributed by atoms with Gasteiger partial charge in [-0.05, 0) is 38.5 Å². The first kappa shape index (κ1) is 16.5. The second kappa shape index (κ2) is 5.81. The molecule has 0 aliphatic rings. The van der Waals surface area contributed by atoms with Crippen molar-refractivity contribution in [3.05, 3.63) is 28.2 Å². The number of hydrogen-bond donors (Lipinski definition) is 1. The van der Waals surface area contributed by atoms with Crippen LogP contribution in [0.15, 0.2) is 22.7 Å². The third-order valence-corrected chi connectivity index (χ3v) is 6.17. The van der Waals surface area contributed by atoms with Gasteiger partial charge in [-0.25, -0.2) is 8.42 Å². The predicted octanol–water partition coefficient (Wildman–Crippen LogP) is 2.67. The van der Waals surface area contributed by atoms with Crippen LogP contribution in [0.1, 0.15) is 32.4 Å². The van der Waals surface area contributed by atoms with E-state index in [2.05, 4.69) is 15.9 Å². The van der Waals surface area contributed by atoms with Crippen LogP contribution >= 0.6 is 15.9 Å². The molecule has 6 heteroatoms. The summed E-state index contributed by atoms with van der Waals surface area (Å²) in [5.74, 6) is 0.725. The van der Waals surface area contributed by atoms with E-state index in [-0.39, 0.29) is 0 Å². The van der Waals surface area contributed by atoms with Crippen molar-refractivity contribution in [1.82, 2.24) is 0 Å². The standard InChI is InChI=1S/C13H20BrNO3S/c1-5-18-9-6-7-10(11(14)8-9)12(15)13(2,3)19(4,16)17/h6-8,12H,5,15H2,1-4H3. The molecule has 0 fully saturated rings. The lowest BCUT2D eigenvalue weighted by atomic mass is 9.96. The normalized spacial score (nSPS) is 14.2. The van der Waals surface area contributed by atoms with Crippen LogP contribution in [0.5, 0.6) is 5.75 Å². The Bertz CT molecular complexity index is 555. The van der Waals surface area contributed by atoms with E-state index >= 15 is 0 Å². The van der Waals surface area contributed by atoms with Gasteiger partial charge in [0.2, 0.25) is 0 Å². The zero-order valence-electron chi connectivity index (χ0n) is 11.6. The van der Waals surface area contributed by atoms with E-state index in [1.165, 1.54) is 6.26 Å². The second-order valence-corrected chi connectivity index (χ2v) is 8.42. The van der Waals surface area contributed by atoms with Gasteiger partial charge in [0.15, 0.2) is 9.84 Å². The van der Waals surface area contributed by atoms with Gasteiger partial charge < -0.3 is 10.5 Å². The molecule has 0 aromatic heterocycles. The summed E-state index contributed by atoms with van der Waals surface area (Å²) in [4.78, 5) is 0. The highest BCUT2D eigenvalue weighted by molar-refractivity contribution is 9.10. The molecule has 1 unspecified atom stereocenters. The number of hydrogen-bond acceptors (Lipinski definition) is 4. The molecule has 1 rings (SSSR count). The third-order valence-electron chi connectivity index (χ3n) is 3.32. The first-order valence-corrected chi connectivity index (χ1v) is 8.67. The van der Waals surface area contributed by atoms with Gasteiger partial charge in [-0.1, -0.05) is 22.0 Å². The fraction of sp³-hybridized carbons (Fsp3) is 0.538. The fourth-order valence-corrected chi connectivity index (χ4v) is 2.81. The fourth-order valence-electron chi connectivity index (χ4n) is 1.62. The summed E-state index contributed by atoms with van der Waals surface area (Å²) >= 11 is 3.42. The molecule has 0 heterocycles. The van der Waals surface area contributed by atoms with E-state index < -0.39 is 20.6 Å². The summed E-state index contributed by atoms with van der Waals surface area (Å²) in [5, 5.41) is 0. The molecular formula is C13H20BrNO3S. The monoisotopic (exact) mass is 349 g/mol. The van der Waals surface area contributed by atoms with Crippen molar-refractivity contribution in [1.29, 1.82) is 0 Å². The SMILES string of the molecule is CCOc1ccc(C(N)C(C)(C)S(C)(=O)=O)c(Br)c1. The molecule has 0 aliphatic carbocycles. The molecule has 0 saturated carbocycles. The molecular weight excluding hydrogens is 330 g/mol. The van der Waals surface area contributed by atoms with Gasteiger partial charge in [0.1, 0.15) is 5.75 Å². The van der Waals surface area contributed by atoms with Crippen molar-refractivity contribution in [3.8, 4) is 5.75 Å². The Labute approximate surface area is 123 Å². The Balaban J connectivity index is 3.17. The Kier molecular flexibility index (Phi) is 5.03. The maximum atomic E-state index is 11.8. The van der Waals surface area contributed by atoms with Gasteiger partial charge in [-0.3, -0.25) is 0 Å². The molecule has 0 spiro atoms. The minimum Gasteiger partial charge on any atom is -0.494 e. The molecule has 0 aliphatic heterocycles. The summed E-state index contributed by atoms with van der Waals surface area (Å²) in [6.45, 7) is 5.75. The minimum atomic E-state index is -3.26. The minimum absolute atomic E-state index is 0.576. The van der Waals surface area contributed by atoms with Crippen molar-refractivity contribution < 1.29 is 13.2 Å². The molecule has 108 valence electrons. The quantitative estimate of drug-likeness (QED) is 0.886. The summed E-state index contributed by atoms with van der Waals surface area (Å²) < 4.78 is 28.8. The molecule has 0 bridgehead atoms. The molecule has 1 aromatic carbocycles. The molecule has 0 amide bonds. The number of benzene rings is 1. The Morgan fingerprint density at radius 1 is 1.42 bits per heavy atom. The van der Waals surface area contributed by atoms with E-state index in [1.54, 1.807) is 32.0 Å². The zero-order valence-corrected chi connectivity index (χ0v) is 14.0. The van der Waals surface area contributed by atoms with Gasteiger partial charge in [-0.2, -0.15) is 0 Å². The highest BCUT2D eigenvalue weighted by Gasteiger charge is 2.38. The van der Waals surface area contributed by atoms with Crippen LogP contribution in [0.3, 0.4) is 0 Å². The molecule has 1 atom stereocenters. The lowest BCUT2D eigenvalue weighted by Gasteiger charge is -2.30. The van der Waals surface area contributed by atoms with Crippen LogP contribution in [-0.2, 0) is 9.84 Å². The van der Waals surface area contributed by atoms with Gasteiger partial charge in [0.25, 0.3) is 0 Å². The smallest absolute Gasteiger partial charge is 0.154 e. The maximum Gasteiger partial charge on any atom is 0.154 e. The van der Waals surface area contributed by atoms with Crippen molar-refractivity contribution in [3.63, 3.8) is 0 Å². The van der Waals surface area contributed by atoms with Gasteiger partial charge in [0, 0.05) is 16.8 Å². The average Bonchev–Trinajstić information content (AvgIpc) is 2.27. The largest absolute Gasteiger partial charge is 0.494 e. The number of nitrogens with two attached hydrogens (primary N) is 1. The molecule has 4 nitrogen and oxygen atoms in total. The van der Waals surface area contributed by atoms with E-state index in [4.69, 9.17) is 10.5 Å². The van der Waals surface area contributed by atoms with Crippen LogP contribution in [0.2, 0.25) is 0 Å². The first-order valence-electron chi connectivity index (χ1n) is 5.98. The number of halogens is 1. The maximum absolute atomic E-state index is 11.8. The van der Waals surface area contributed by atoms with Crippen molar-refractivity contribution in [2.75, 3.05) is 12.9 Å². The van der Waals surface area contributed by atoms with Crippen molar-refractivity contribution in [2.24, 2.45) is 5.73 Å². The lowest BCUT2D eigenvalue weighted by Crippen LogP contribution is -2.42. The zero-order chi connectivity index (χ0) is 14.8. The molecule has 0 radical (unpaired) electrons. The third kappa shape index (κ3) is 3.49. The number of rotatable bonds is 5. The predicted molar refractivity (Wildman–Crippen MR) is 81.2 cm³/mol. The summed E-state index contributed by atoms with van der Waals surface area (Å²) in [7, 11) is -3.26. The van der Waals surface area contributed by atoms with Crippen molar-refractivity contribution >= 4 is 25.8 Å². The van der Waals surface area contributed by atoms with E-state index in [0.29, 0.717) is 6.61 Å². The van der Waals surface area contributed by atoms with Gasteiger partial charge in [0.05, 0.1) is 11.4 Å². The molecule has 19 heavy (non-hydrogen) atoms. The Morgan fingerprint density at radius 2 is 2.00 bits per heavy atom. The van der Waals surface area contributed by atoms with Gasteiger partial charge >= 0.3 is 0 Å². The summed E-state index contributed by atoms with van der Waals surface area (Å²) in [6, 6.07) is 4.78. The summed E-state index contributed by atoms with van der Waals surface area (Å²) in [5.41, 5.74) is 6.88. The van der Waals surface area contributed by atoms with Crippen molar-refractivity contribution in [2.45, 2.75) is 31.6 Å². The number of sulfone groups is 1. The highest BCUT2D eigenvalue weighted by atomic mass is 79.9. The molecule has 0 saturated heterocycles. The van der Waals surface area contributed by atoms with Crippen LogP contribution < -0.4 is 10.5 Å². The van der Waals surface area contributed by atoms with Crippen LogP contribution in [-0.4, -0.2) is 26.0 Å². The van der Waals surface area contributed by atoms with Crippen LogP contribution in [0, 0.1) is 0 Å². The first-order chi connectivity index (χ1) is 8.61. The number of ether oxygens (including phenoxy) is 1. The lowest BCUT2D eigenvalue weighted by molar-refractivity contribution is 0.339. The topological polar surface area (TPSA) is 69.4 Å². The van der Waals surface area contributed by atoms with Gasteiger partial charge in [-0.15, -0.1) is 0 Å². The second-order valence-electron chi connectivity index (χ2n) is 4.97. The Morgan fingerprint density at radius 3 is 2.42 bits per heavy atom. The Hall–Kier alpha value is -0.590. The summed E-state index contributed by atoms with van der Waals surface area (Å²) in [6.07, 6.45) is 1.20. The average molecular weight is 350 g/mol. The molecule has 1 aromatic rings. The highest BCUT2D eigenvalue weighted by Crippen LogP contribution is 2.35. The van der Waals surface area contributed by atoms with Crippen LogP contribution in [0.25, 0.3) is 0 Å². The van der Waals surface area contributed by atoms with E-state index in [9.17, 15) is 8.42 Å². The van der Waals surface area contributed by atoms with E-state index in [1.807, 2.05) is 6.92 Å². The van der Waals surface area contributed by atoms with Crippen LogP contribution in [0.4, 0.5) is 0 Å².